The van der Waals surface area contributed by atoms with E-state index in [-0.39, 0.29) is 5.82 Å². The number of benzene rings is 1. The summed E-state index contributed by atoms with van der Waals surface area (Å²) in [5, 5.41) is 13.2. The molecule has 0 amide bonds. The first-order valence-corrected chi connectivity index (χ1v) is 6.62. The van der Waals surface area contributed by atoms with Crippen LogP contribution in [0.15, 0.2) is 29.6 Å². The summed E-state index contributed by atoms with van der Waals surface area (Å²) in [7, 11) is 0. The Bertz CT molecular complexity index is 581. The van der Waals surface area contributed by atoms with Crippen LogP contribution >= 0.6 is 22.9 Å². The zero-order valence-electron chi connectivity index (χ0n) is 8.91. The third kappa shape index (κ3) is 1.53. The van der Waals surface area contributed by atoms with E-state index in [1.807, 2.05) is 5.38 Å². The number of hydrogen-bond donors (Lipinski definition) is 1. The van der Waals surface area contributed by atoms with Gasteiger partial charge in [0.25, 0.3) is 0 Å². The second-order valence-electron chi connectivity index (χ2n) is 4.22. The normalized spacial score (nSPS) is 22.8. The standard InChI is InChI=1S/C13H10ClFOS/c14-10-5-7-17-12(10)13(16)6-4-8-9(13)2-1-3-11(8)15/h1-3,5,7,16H,4,6H2. The van der Waals surface area contributed by atoms with E-state index in [1.165, 1.54) is 17.4 Å². The minimum atomic E-state index is -1.12. The number of thiophene rings is 1. The van der Waals surface area contributed by atoms with Crippen molar-refractivity contribution in [2.45, 2.75) is 18.4 Å². The number of aliphatic hydroxyl groups is 1. The zero-order chi connectivity index (χ0) is 12.0. The van der Waals surface area contributed by atoms with Crippen LogP contribution in [0.25, 0.3) is 0 Å². The first-order chi connectivity index (χ1) is 8.13. The van der Waals surface area contributed by atoms with E-state index in [1.54, 1.807) is 18.2 Å². The SMILES string of the molecule is OC1(c2sccc2Cl)CCc2c(F)cccc21. The van der Waals surface area contributed by atoms with Crippen molar-refractivity contribution >= 4 is 22.9 Å². The molecule has 1 atom stereocenters. The summed E-state index contributed by atoms with van der Waals surface area (Å²) in [5.74, 6) is -0.244. The maximum atomic E-state index is 13.6. The Labute approximate surface area is 107 Å². The van der Waals surface area contributed by atoms with E-state index < -0.39 is 5.60 Å². The van der Waals surface area contributed by atoms with Gasteiger partial charge >= 0.3 is 0 Å². The number of hydrogen-bond acceptors (Lipinski definition) is 2. The quantitative estimate of drug-likeness (QED) is 0.836. The van der Waals surface area contributed by atoms with Crippen molar-refractivity contribution < 1.29 is 9.50 Å². The molecule has 0 saturated carbocycles. The van der Waals surface area contributed by atoms with Gasteiger partial charge in [0.1, 0.15) is 11.4 Å². The molecule has 1 heterocycles. The molecule has 1 N–H and O–H groups in total. The van der Waals surface area contributed by atoms with Crippen molar-refractivity contribution in [1.29, 1.82) is 0 Å². The van der Waals surface area contributed by atoms with Gasteiger partial charge in [-0.25, -0.2) is 4.39 Å². The summed E-state index contributed by atoms with van der Waals surface area (Å²) in [5.41, 5.74) is 0.143. The van der Waals surface area contributed by atoms with Gasteiger partial charge in [0.2, 0.25) is 0 Å². The van der Waals surface area contributed by atoms with Gasteiger partial charge in [-0.1, -0.05) is 23.7 Å². The Morgan fingerprint density at radius 3 is 2.88 bits per heavy atom. The molecule has 1 aromatic carbocycles. The highest BCUT2D eigenvalue weighted by molar-refractivity contribution is 7.10. The van der Waals surface area contributed by atoms with E-state index in [9.17, 15) is 9.50 Å². The molecule has 1 aliphatic rings. The van der Waals surface area contributed by atoms with E-state index in [0.717, 1.165) is 0 Å². The predicted octanol–water partition coefficient (Wildman–Crippen LogP) is 3.72. The monoisotopic (exact) mass is 268 g/mol. The highest BCUT2D eigenvalue weighted by Gasteiger charge is 2.41. The summed E-state index contributed by atoms with van der Waals surface area (Å²) >= 11 is 7.48. The first kappa shape index (κ1) is 11.2. The Hall–Kier alpha value is -0.900. The molecule has 0 spiro atoms. The fourth-order valence-corrected chi connectivity index (χ4v) is 3.82. The molecule has 88 valence electrons. The summed E-state index contributed by atoms with van der Waals surface area (Å²) in [6, 6.07) is 6.60. The first-order valence-electron chi connectivity index (χ1n) is 5.36. The minimum absolute atomic E-state index is 0.244. The van der Waals surface area contributed by atoms with Gasteiger partial charge in [-0.15, -0.1) is 11.3 Å². The average Bonchev–Trinajstić information content (AvgIpc) is 2.86. The minimum Gasteiger partial charge on any atom is -0.379 e. The number of rotatable bonds is 1. The van der Waals surface area contributed by atoms with Crippen LogP contribution in [-0.2, 0) is 12.0 Å². The maximum Gasteiger partial charge on any atom is 0.126 e. The van der Waals surface area contributed by atoms with Gasteiger partial charge in [0.05, 0.1) is 9.90 Å². The predicted molar refractivity (Wildman–Crippen MR) is 67.0 cm³/mol. The Balaban J connectivity index is 2.21. The molecule has 4 heteroatoms. The fourth-order valence-electron chi connectivity index (χ4n) is 2.47. The molecule has 1 nitrogen and oxygen atoms in total. The molecule has 1 aliphatic carbocycles. The molecule has 2 aromatic rings. The van der Waals surface area contributed by atoms with Gasteiger partial charge in [-0.05, 0) is 41.5 Å². The van der Waals surface area contributed by atoms with Crippen LogP contribution in [0.2, 0.25) is 5.02 Å². The Kier molecular flexibility index (Phi) is 2.51. The van der Waals surface area contributed by atoms with Gasteiger partial charge in [0, 0.05) is 0 Å². The smallest absolute Gasteiger partial charge is 0.126 e. The molecule has 0 radical (unpaired) electrons. The Morgan fingerprint density at radius 2 is 2.18 bits per heavy atom. The van der Waals surface area contributed by atoms with Crippen LogP contribution in [0, 0.1) is 5.82 Å². The molecular formula is C13H10ClFOS. The molecule has 17 heavy (non-hydrogen) atoms. The largest absolute Gasteiger partial charge is 0.379 e. The van der Waals surface area contributed by atoms with Crippen LogP contribution in [0.3, 0.4) is 0 Å². The average molecular weight is 269 g/mol. The van der Waals surface area contributed by atoms with Crippen LogP contribution in [0.5, 0.6) is 0 Å². The lowest BCUT2D eigenvalue weighted by Crippen LogP contribution is -2.22. The van der Waals surface area contributed by atoms with Crippen LogP contribution in [-0.4, -0.2) is 5.11 Å². The molecular weight excluding hydrogens is 259 g/mol. The lowest BCUT2D eigenvalue weighted by Gasteiger charge is -2.23. The second-order valence-corrected chi connectivity index (χ2v) is 5.55. The van der Waals surface area contributed by atoms with Gasteiger partial charge < -0.3 is 5.11 Å². The summed E-state index contributed by atoms with van der Waals surface area (Å²) in [6.45, 7) is 0. The lowest BCUT2D eigenvalue weighted by atomic mass is 9.94. The molecule has 0 saturated heterocycles. The van der Waals surface area contributed by atoms with E-state index in [4.69, 9.17) is 11.6 Å². The molecule has 1 aromatic heterocycles. The molecule has 0 fully saturated rings. The van der Waals surface area contributed by atoms with Crippen molar-refractivity contribution in [1.82, 2.24) is 0 Å². The third-order valence-electron chi connectivity index (χ3n) is 3.29. The van der Waals surface area contributed by atoms with E-state index in [2.05, 4.69) is 0 Å². The van der Waals surface area contributed by atoms with Crippen molar-refractivity contribution in [2.75, 3.05) is 0 Å². The maximum absolute atomic E-state index is 13.6. The van der Waals surface area contributed by atoms with E-state index >= 15 is 0 Å². The van der Waals surface area contributed by atoms with Crippen molar-refractivity contribution in [2.24, 2.45) is 0 Å². The van der Waals surface area contributed by atoms with Gasteiger partial charge in [-0.2, -0.15) is 0 Å². The summed E-state index contributed by atoms with van der Waals surface area (Å²) < 4.78 is 13.6. The lowest BCUT2D eigenvalue weighted by molar-refractivity contribution is 0.0869. The third-order valence-corrected chi connectivity index (χ3v) is 4.79. The summed E-state index contributed by atoms with van der Waals surface area (Å²) in [6.07, 6.45) is 1.04. The van der Waals surface area contributed by atoms with Crippen molar-refractivity contribution in [3.8, 4) is 0 Å². The molecule has 3 rings (SSSR count). The number of fused-ring (bicyclic) bond motifs is 1. The zero-order valence-corrected chi connectivity index (χ0v) is 10.5. The molecule has 0 bridgehead atoms. The van der Waals surface area contributed by atoms with E-state index in [0.29, 0.717) is 33.9 Å². The fraction of sp³-hybridized carbons (Fsp3) is 0.231. The molecule has 0 aliphatic heterocycles. The second kappa shape index (κ2) is 3.80. The molecule has 1 unspecified atom stereocenters. The van der Waals surface area contributed by atoms with Crippen LogP contribution in [0.1, 0.15) is 22.4 Å². The van der Waals surface area contributed by atoms with Gasteiger partial charge in [0.15, 0.2) is 0 Å². The van der Waals surface area contributed by atoms with Crippen molar-refractivity contribution in [3.63, 3.8) is 0 Å². The highest BCUT2D eigenvalue weighted by atomic mass is 35.5. The Morgan fingerprint density at radius 1 is 1.35 bits per heavy atom. The van der Waals surface area contributed by atoms with Crippen LogP contribution in [0.4, 0.5) is 4.39 Å². The summed E-state index contributed by atoms with van der Waals surface area (Å²) in [4.78, 5) is 0.712. The van der Waals surface area contributed by atoms with Gasteiger partial charge in [-0.3, -0.25) is 0 Å². The highest BCUT2D eigenvalue weighted by Crippen LogP contribution is 2.46. The number of halogens is 2. The van der Waals surface area contributed by atoms with Crippen molar-refractivity contribution in [3.05, 3.63) is 56.5 Å². The topological polar surface area (TPSA) is 20.2 Å². The van der Waals surface area contributed by atoms with Crippen LogP contribution < -0.4 is 0 Å².